The number of nitrogens with zero attached hydrogens (tertiary/aromatic N) is 2. The number of aliphatic imine (C=N–C) groups is 1. The van der Waals surface area contributed by atoms with Crippen LogP contribution in [0, 0.1) is 0 Å². The number of oxime groups is 1. The number of rotatable bonds is 3. The van der Waals surface area contributed by atoms with E-state index in [-0.39, 0.29) is 11.6 Å². The predicted octanol–water partition coefficient (Wildman–Crippen LogP) is 5.86. The van der Waals surface area contributed by atoms with Crippen LogP contribution in [0.1, 0.15) is 22.8 Å². The molecule has 1 spiro atoms. The number of carbonyl (C=O) groups is 1. The van der Waals surface area contributed by atoms with E-state index < -0.39 is 17.6 Å². The molecule has 154 valence electrons. The Hall–Kier alpha value is -2.86. The Labute approximate surface area is 192 Å². The van der Waals surface area contributed by atoms with Crippen molar-refractivity contribution in [2.75, 3.05) is 0 Å². The summed E-state index contributed by atoms with van der Waals surface area (Å²) in [6.07, 6.45) is -0.888. The number of halogens is 3. The normalized spacial score (nSPS) is 22.2. The molecule has 2 heterocycles. The molecule has 0 N–H and O–H groups in total. The third kappa shape index (κ3) is 3.21. The highest BCUT2D eigenvalue weighted by atomic mass is 35.5. The van der Waals surface area contributed by atoms with Crippen LogP contribution in [0.15, 0.2) is 82.9 Å². The van der Waals surface area contributed by atoms with Crippen molar-refractivity contribution in [3.8, 4) is 0 Å². The van der Waals surface area contributed by atoms with Gasteiger partial charge in [0.15, 0.2) is 6.10 Å². The number of ether oxygens (including phenoxy) is 1. The molecule has 8 heteroatoms. The average molecular weight is 472 g/mol. The topological polar surface area (TPSA) is 60.2 Å². The number of hydrogen-bond acceptors (Lipinski definition) is 5. The number of hydrogen-bond donors (Lipinski definition) is 0. The number of cyclic esters (lactones) is 1. The van der Waals surface area contributed by atoms with Crippen molar-refractivity contribution in [2.24, 2.45) is 10.1 Å². The fraction of sp³-hybridized carbons (Fsp3) is 0.0870. The minimum absolute atomic E-state index is 0.172. The molecule has 0 fully saturated rings. The molecule has 0 aliphatic carbocycles. The molecule has 5 rings (SSSR count). The molecule has 0 bridgehead atoms. The largest absolute Gasteiger partial charge is 0.405 e. The molecule has 0 aromatic heterocycles. The Kier molecular flexibility index (Phi) is 4.97. The first-order valence-electron chi connectivity index (χ1n) is 9.32. The van der Waals surface area contributed by atoms with Crippen molar-refractivity contribution in [1.82, 2.24) is 0 Å². The second kappa shape index (κ2) is 7.68. The quantitative estimate of drug-likeness (QED) is 0.449. The van der Waals surface area contributed by atoms with Crippen LogP contribution in [0.25, 0.3) is 0 Å². The molecule has 0 radical (unpaired) electrons. The van der Waals surface area contributed by atoms with Gasteiger partial charge in [-0.25, -0.2) is 9.79 Å². The van der Waals surface area contributed by atoms with Crippen LogP contribution in [-0.4, -0.2) is 23.1 Å². The van der Waals surface area contributed by atoms with Crippen molar-refractivity contribution >= 4 is 52.4 Å². The van der Waals surface area contributed by atoms with Crippen LogP contribution in [0.5, 0.6) is 0 Å². The summed E-state index contributed by atoms with van der Waals surface area (Å²) in [6, 6.07) is 21.1. The zero-order valence-corrected chi connectivity index (χ0v) is 18.0. The van der Waals surface area contributed by atoms with Gasteiger partial charge < -0.3 is 9.57 Å². The summed E-state index contributed by atoms with van der Waals surface area (Å²) < 4.78 is 5.63. The molecule has 2 aliphatic heterocycles. The first kappa shape index (κ1) is 20.1. The Bertz CT molecular complexity index is 1220. The van der Waals surface area contributed by atoms with Gasteiger partial charge in [-0.15, -0.1) is 0 Å². The minimum Gasteiger partial charge on any atom is -0.405 e. The maximum Gasteiger partial charge on any atom is 0.351 e. The fourth-order valence-electron chi connectivity index (χ4n) is 3.69. The van der Waals surface area contributed by atoms with Gasteiger partial charge in [0.2, 0.25) is 5.90 Å². The van der Waals surface area contributed by atoms with Gasteiger partial charge in [0.25, 0.3) is 5.54 Å². The summed E-state index contributed by atoms with van der Waals surface area (Å²) in [5.41, 5.74) is 0.255. The van der Waals surface area contributed by atoms with Crippen molar-refractivity contribution in [2.45, 2.75) is 11.6 Å². The third-order valence-electron chi connectivity index (χ3n) is 5.16. The fourth-order valence-corrected chi connectivity index (χ4v) is 4.39. The van der Waals surface area contributed by atoms with E-state index in [1.807, 2.05) is 18.2 Å². The van der Waals surface area contributed by atoms with Gasteiger partial charge >= 0.3 is 5.97 Å². The summed E-state index contributed by atoms with van der Waals surface area (Å²) in [4.78, 5) is 23.9. The van der Waals surface area contributed by atoms with Crippen LogP contribution >= 0.6 is 34.8 Å². The standard InChI is InChI=1S/C23H13Cl3N2O3/c24-15-11-9-13(10-12-15)20-23(19(28-31-20)18-16(25)7-4-8-17(18)26)22(29)30-21(27-23)14-5-2-1-3-6-14/h1-12,20H/t20-,23-/m0/s1. The number of carbonyl (C=O) groups excluding carboxylic acids is 1. The monoisotopic (exact) mass is 470 g/mol. The lowest BCUT2D eigenvalue weighted by Crippen LogP contribution is -2.45. The lowest BCUT2D eigenvalue weighted by atomic mass is 9.81. The molecular formula is C23H13Cl3N2O3. The Balaban J connectivity index is 1.72. The van der Waals surface area contributed by atoms with E-state index in [4.69, 9.17) is 49.4 Å². The third-order valence-corrected chi connectivity index (χ3v) is 6.04. The summed E-state index contributed by atoms with van der Waals surface area (Å²) in [5, 5.41) is 5.42. The first-order valence-corrected chi connectivity index (χ1v) is 10.5. The molecule has 3 aromatic carbocycles. The van der Waals surface area contributed by atoms with E-state index in [1.54, 1.807) is 54.6 Å². The lowest BCUT2D eigenvalue weighted by Gasteiger charge is -2.24. The molecular weight excluding hydrogens is 459 g/mol. The summed E-state index contributed by atoms with van der Waals surface area (Å²) >= 11 is 18.9. The van der Waals surface area contributed by atoms with Gasteiger partial charge in [0, 0.05) is 16.1 Å². The summed E-state index contributed by atoms with van der Waals surface area (Å²) in [7, 11) is 0. The molecule has 31 heavy (non-hydrogen) atoms. The predicted molar refractivity (Wildman–Crippen MR) is 120 cm³/mol. The van der Waals surface area contributed by atoms with Gasteiger partial charge in [-0.1, -0.05) is 76.4 Å². The van der Waals surface area contributed by atoms with Gasteiger partial charge in [0.05, 0.1) is 10.0 Å². The summed E-state index contributed by atoms with van der Waals surface area (Å²) in [6.45, 7) is 0. The van der Waals surface area contributed by atoms with Gasteiger partial charge in [-0.05, 0) is 42.0 Å². The van der Waals surface area contributed by atoms with Crippen molar-refractivity contribution in [3.05, 3.63) is 105 Å². The van der Waals surface area contributed by atoms with E-state index in [9.17, 15) is 4.79 Å². The number of esters is 1. The van der Waals surface area contributed by atoms with Crippen LogP contribution in [0.4, 0.5) is 0 Å². The van der Waals surface area contributed by atoms with Gasteiger partial charge in [-0.2, -0.15) is 0 Å². The minimum atomic E-state index is -1.62. The Morgan fingerprint density at radius 2 is 1.52 bits per heavy atom. The van der Waals surface area contributed by atoms with E-state index in [0.29, 0.717) is 31.8 Å². The smallest absolute Gasteiger partial charge is 0.351 e. The van der Waals surface area contributed by atoms with Crippen LogP contribution < -0.4 is 0 Å². The molecule has 5 nitrogen and oxygen atoms in total. The van der Waals surface area contributed by atoms with Crippen molar-refractivity contribution in [1.29, 1.82) is 0 Å². The molecule has 2 atom stereocenters. The highest BCUT2D eigenvalue weighted by Gasteiger charge is 2.63. The van der Waals surface area contributed by atoms with Gasteiger partial charge in [-0.3, -0.25) is 0 Å². The summed E-state index contributed by atoms with van der Waals surface area (Å²) in [5.74, 6) is -0.454. The van der Waals surface area contributed by atoms with E-state index in [2.05, 4.69) is 5.16 Å². The van der Waals surface area contributed by atoms with Crippen LogP contribution in [-0.2, 0) is 14.4 Å². The Morgan fingerprint density at radius 1 is 0.839 bits per heavy atom. The molecule has 0 unspecified atom stereocenters. The second-order valence-electron chi connectivity index (χ2n) is 7.01. The van der Waals surface area contributed by atoms with Crippen LogP contribution in [0.3, 0.4) is 0 Å². The lowest BCUT2D eigenvalue weighted by molar-refractivity contribution is -0.139. The maximum atomic E-state index is 13.4. The molecule has 0 saturated carbocycles. The van der Waals surface area contributed by atoms with Crippen molar-refractivity contribution < 1.29 is 14.4 Å². The van der Waals surface area contributed by atoms with Gasteiger partial charge in [0.1, 0.15) is 5.71 Å². The first-order chi connectivity index (χ1) is 15.0. The number of benzene rings is 3. The molecule has 3 aromatic rings. The van der Waals surface area contributed by atoms with Crippen molar-refractivity contribution in [3.63, 3.8) is 0 Å². The highest BCUT2D eigenvalue weighted by molar-refractivity contribution is 6.42. The van der Waals surface area contributed by atoms with E-state index >= 15 is 0 Å². The Morgan fingerprint density at radius 3 is 2.19 bits per heavy atom. The molecule has 2 aliphatic rings. The highest BCUT2D eigenvalue weighted by Crippen LogP contribution is 2.47. The zero-order chi connectivity index (χ0) is 21.6. The molecule has 0 saturated heterocycles. The van der Waals surface area contributed by atoms with E-state index in [0.717, 1.165) is 0 Å². The second-order valence-corrected chi connectivity index (χ2v) is 8.26. The average Bonchev–Trinajstić information content (AvgIpc) is 3.31. The molecule has 0 amide bonds. The SMILES string of the molecule is O=C1OC(c2ccccc2)=N[C@]12C(c1c(Cl)cccc1Cl)=NO[C@H]2c1ccc(Cl)cc1. The zero-order valence-electron chi connectivity index (χ0n) is 15.8. The van der Waals surface area contributed by atoms with Crippen LogP contribution in [0.2, 0.25) is 15.1 Å². The van der Waals surface area contributed by atoms with E-state index in [1.165, 1.54) is 0 Å². The maximum absolute atomic E-state index is 13.4.